The molecular weight excluding hydrogens is 459 g/mol. The topological polar surface area (TPSA) is 79.1 Å². The highest BCUT2D eigenvalue weighted by Crippen LogP contribution is 2.35. The maximum Gasteiger partial charge on any atom is 0.337 e. The van der Waals surface area contributed by atoms with E-state index in [1.54, 1.807) is 36.4 Å². The number of methoxy groups -OCH3 is 1. The highest BCUT2D eigenvalue weighted by atomic mass is 32.1. The number of fused-ring (bicyclic) bond motifs is 1. The number of nitrogens with zero attached hydrogens (tertiary/aromatic N) is 2. The zero-order valence-electron chi connectivity index (χ0n) is 18.9. The van der Waals surface area contributed by atoms with Crippen LogP contribution in [0.5, 0.6) is 11.5 Å². The zero-order chi connectivity index (χ0) is 24.2. The second-order valence-electron chi connectivity index (χ2n) is 7.30. The van der Waals surface area contributed by atoms with Crippen molar-refractivity contribution in [2.24, 2.45) is 4.99 Å². The Balaban J connectivity index is 1.91. The number of hydrogen-bond acceptors (Lipinski definition) is 7. The van der Waals surface area contributed by atoms with Gasteiger partial charge in [-0.1, -0.05) is 29.5 Å². The van der Waals surface area contributed by atoms with Gasteiger partial charge in [0.1, 0.15) is 5.82 Å². The van der Waals surface area contributed by atoms with Crippen LogP contribution in [-0.2, 0) is 9.53 Å². The van der Waals surface area contributed by atoms with Gasteiger partial charge in [0.05, 0.1) is 36.5 Å². The Hall–Kier alpha value is -3.72. The van der Waals surface area contributed by atoms with Gasteiger partial charge in [0.15, 0.2) is 16.3 Å². The van der Waals surface area contributed by atoms with Crippen molar-refractivity contribution in [2.75, 3.05) is 20.3 Å². The Morgan fingerprint density at radius 3 is 2.62 bits per heavy atom. The summed E-state index contributed by atoms with van der Waals surface area (Å²) in [4.78, 5) is 30.8. The monoisotopic (exact) mass is 482 g/mol. The van der Waals surface area contributed by atoms with Crippen molar-refractivity contribution in [1.29, 1.82) is 0 Å². The Bertz CT molecular complexity index is 1440. The van der Waals surface area contributed by atoms with E-state index in [9.17, 15) is 14.0 Å². The molecule has 0 saturated heterocycles. The van der Waals surface area contributed by atoms with E-state index in [0.717, 1.165) is 11.3 Å². The van der Waals surface area contributed by atoms with E-state index in [4.69, 9.17) is 14.2 Å². The first kappa shape index (κ1) is 23.4. The molecule has 0 amide bonds. The highest BCUT2D eigenvalue weighted by Gasteiger charge is 2.31. The van der Waals surface area contributed by atoms with Crippen molar-refractivity contribution < 1.29 is 23.4 Å². The number of esters is 1. The summed E-state index contributed by atoms with van der Waals surface area (Å²) in [6, 6.07) is 10.5. The summed E-state index contributed by atoms with van der Waals surface area (Å²) >= 11 is 1.16. The van der Waals surface area contributed by atoms with Crippen molar-refractivity contribution in [3.63, 3.8) is 0 Å². The van der Waals surface area contributed by atoms with Crippen LogP contribution in [0.2, 0.25) is 0 Å². The fourth-order valence-corrected chi connectivity index (χ4v) is 4.70. The molecule has 0 unspecified atom stereocenters. The molecule has 1 aliphatic heterocycles. The average molecular weight is 483 g/mol. The molecular formula is C25H23FN2O5S. The van der Waals surface area contributed by atoms with Crippen LogP contribution in [-0.4, -0.2) is 30.9 Å². The predicted octanol–water partition coefficient (Wildman–Crippen LogP) is 2.95. The third-order valence-corrected chi connectivity index (χ3v) is 6.15. The van der Waals surface area contributed by atoms with E-state index in [1.807, 2.05) is 13.8 Å². The van der Waals surface area contributed by atoms with Gasteiger partial charge in [0.25, 0.3) is 5.56 Å². The summed E-state index contributed by atoms with van der Waals surface area (Å²) < 4.78 is 31.8. The molecule has 0 aliphatic carbocycles. The highest BCUT2D eigenvalue weighted by molar-refractivity contribution is 7.07. The lowest BCUT2D eigenvalue weighted by Gasteiger charge is -2.23. The number of halogens is 1. The minimum atomic E-state index is -0.784. The molecule has 1 aromatic heterocycles. The lowest BCUT2D eigenvalue weighted by atomic mass is 9.97. The molecule has 34 heavy (non-hydrogen) atoms. The Labute approximate surface area is 199 Å². The molecule has 0 radical (unpaired) electrons. The third-order valence-electron chi connectivity index (χ3n) is 5.15. The third kappa shape index (κ3) is 4.51. The fourth-order valence-electron chi connectivity index (χ4n) is 3.74. The summed E-state index contributed by atoms with van der Waals surface area (Å²) in [5.74, 6) is 0.0744. The number of ether oxygens (including phenoxy) is 3. The number of aromatic nitrogens is 1. The fraction of sp³-hybridized carbons (Fsp3) is 0.240. The minimum absolute atomic E-state index is 0.207. The molecule has 176 valence electrons. The molecule has 0 bridgehead atoms. The van der Waals surface area contributed by atoms with Crippen LogP contribution in [0.25, 0.3) is 6.08 Å². The molecule has 4 rings (SSSR count). The number of carbonyl (C=O) groups is 1. The second-order valence-corrected chi connectivity index (χ2v) is 8.31. The van der Waals surface area contributed by atoms with Gasteiger partial charge >= 0.3 is 5.97 Å². The summed E-state index contributed by atoms with van der Waals surface area (Å²) in [6.07, 6.45) is 3.03. The minimum Gasteiger partial charge on any atom is -0.490 e. The predicted molar refractivity (Wildman–Crippen MR) is 126 cm³/mol. The second kappa shape index (κ2) is 10.0. The summed E-state index contributed by atoms with van der Waals surface area (Å²) in [6.45, 7) is 4.61. The summed E-state index contributed by atoms with van der Waals surface area (Å²) in [5.41, 5.74) is 1.05. The van der Waals surface area contributed by atoms with Crippen molar-refractivity contribution >= 4 is 23.4 Å². The van der Waals surface area contributed by atoms with Crippen LogP contribution < -0.4 is 24.4 Å². The van der Waals surface area contributed by atoms with Crippen LogP contribution in [0.4, 0.5) is 4.39 Å². The number of thiazole rings is 1. The smallest absolute Gasteiger partial charge is 0.337 e. The first-order valence-electron chi connectivity index (χ1n) is 10.7. The molecule has 1 atom stereocenters. The van der Waals surface area contributed by atoms with Crippen molar-refractivity contribution in [3.05, 3.63) is 90.9 Å². The quantitative estimate of drug-likeness (QED) is 0.484. The molecule has 3 aromatic rings. The Kier molecular flexibility index (Phi) is 6.93. The van der Waals surface area contributed by atoms with Crippen LogP contribution in [0.3, 0.4) is 0 Å². The molecule has 0 saturated carbocycles. The first-order valence-corrected chi connectivity index (χ1v) is 11.5. The standard InChI is InChI=1S/C25H23FN2O5S/c1-4-32-19-10-9-16(13-20(19)33-5-2)22-18(24(30)31-3)14-27-25-28(22)23(29)21(34-25)12-15-7-6-8-17(26)11-15/h6-14,22H,4-5H2,1-3H3/b21-12-/t22-/m1/s1. The Morgan fingerprint density at radius 1 is 1.15 bits per heavy atom. The number of hydrogen-bond donors (Lipinski definition) is 0. The van der Waals surface area contributed by atoms with E-state index in [1.165, 1.54) is 30.0 Å². The van der Waals surface area contributed by atoms with E-state index in [0.29, 0.717) is 45.2 Å². The van der Waals surface area contributed by atoms with Crippen molar-refractivity contribution in [1.82, 2.24) is 4.57 Å². The van der Waals surface area contributed by atoms with Gasteiger partial charge in [-0.15, -0.1) is 0 Å². The lowest BCUT2D eigenvalue weighted by Crippen LogP contribution is -2.39. The van der Waals surface area contributed by atoms with Crippen LogP contribution in [0.15, 0.2) is 64.0 Å². The molecule has 1 aliphatic rings. The molecule has 0 spiro atoms. The van der Waals surface area contributed by atoms with Gasteiger partial charge in [-0.05, 0) is 55.3 Å². The Morgan fingerprint density at radius 2 is 1.91 bits per heavy atom. The largest absolute Gasteiger partial charge is 0.490 e. The molecule has 2 aromatic carbocycles. The zero-order valence-corrected chi connectivity index (χ0v) is 19.7. The van der Waals surface area contributed by atoms with E-state index in [2.05, 4.69) is 4.99 Å². The van der Waals surface area contributed by atoms with E-state index < -0.39 is 17.8 Å². The van der Waals surface area contributed by atoms with Crippen LogP contribution in [0, 0.1) is 5.82 Å². The van der Waals surface area contributed by atoms with E-state index in [-0.39, 0.29) is 11.1 Å². The average Bonchev–Trinajstić information content (AvgIpc) is 3.14. The molecule has 2 heterocycles. The summed E-state index contributed by atoms with van der Waals surface area (Å²) in [5, 5.41) is 0. The number of rotatable bonds is 7. The first-order chi connectivity index (χ1) is 16.5. The van der Waals surface area contributed by atoms with Crippen LogP contribution in [0.1, 0.15) is 31.0 Å². The molecule has 9 heteroatoms. The maximum atomic E-state index is 13.6. The molecule has 7 nitrogen and oxygen atoms in total. The van der Waals surface area contributed by atoms with Gasteiger partial charge in [0.2, 0.25) is 0 Å². The van der Waals surface area contributed by atoms with Gasteiger partial charge in [-0.25, -0.2) is 14.2 Å². The normalized spacial score (nSPS) is 15.2. The van der Waals surface area contributed by atoms with Gasteiger partial charge < -0.3 is 14.2 Å². The van der Waals surface area contributed by atoms with Gasteiger partial charge in [0, 0.05) is 6.20 Å². The molecule has 0 N–H and O–H groups in total. The van der Waals surface area contributed by atoms with E-state index >= 15 is 0 Å². The van der Waals surface area contributed by atoms with Crippen molar-refractivity contribution in [3.8, 4) is 11.5 Å². The van der Waals surface area contributed by atoms with Gasteiger partial charge in [-0.2, -0.15) is 0 Å². The number of carbonyl (C=O) groups excluding carboxylic acids is 1. The number of benzene rings is 2. The van der Waals surface area contributed by atoms with Crippen LogP contribution >= 0.6 is 11.3 Å². The maximum absolute atomic E-state index is 13.6. The lowest BCUT2D eigenvalue weighted by molar-refractivity contribution is -0.136. The SMILES string of the molecule is CCOc1ccc([C@@H]2C(C(=O)OC)=CN=c3s/c(=C\c4cccc(F)c4)c(=O)n32)cc1OCC. The molecule has 0 fully saturated rings. The summed E-state index contributed by atoms with van der Waals surface area (Å²) in [7, 11) is 1.28. The van der Waals surface area contributed by atoms with Gasteiger partial charge in [-0.3, -0.25) is 9.36 Å². The van der Waals surface area contributed by atoms with Crippen molar-refractivity contribution in [2.45, 2.75) is 19.9 Å².